The average molecular weight is 238 g/mol. The van der Waals surface area contributed by atoms with Gasteiger partial charge in [0.05, 0.1) is 7.11 Å². The Morgan fingerprint density at radius 2 is 2.12 bits per heavy atom. The number of rotatable bonds is 4. The van der Waals surface area contributed by atoms with Crippen LogP contribution in [0.15, 0.2) is 18.2 Å². The molecule has 5 nitrogen and oxygen atoms in total. The van der Waals surface area contributed by atoms with E-state index in [4.69, 9.17) is 9.84 Å². The highest BCUT2D eigenvalue weighted by Crippen LogP contribution is 2.54. The lowest BCUT2D eigenvalue weighted by Gasteiger charge is -2.21. The van der Waals surface area contributed by atoms with E-state index < -0.39 is 17.5 Å². The van der Waals surface area contributed by atoms with Crippen LogP contribution in [0.25, 0.3) is 0 Å². The minimum absolute atomic E-state index is 0.0474. The normalized spacial score (nSPS) is 18.5. The van der Waals surface area contributed by atoms with Crippen molar-refractivity contribution in [3.05, 3.63) is 23.8 Å². The number of aliphatic hydroxyl groups excluding tert-OH is 1. The molecule has 1 aliphatic carbocycles. The molecule has 1 saturated carbocycles. The van der Waals surface area contributed by atoms with Gasteiger partial charge in [0.1, 0.15) is 11.5 Å². The second kappa shape index (κ2) is 3.92. The van der Waals surface area contributed by atoms with Crippen LogP contribution >= 0.6 is 0 Å². The van der Waals surface area contributed by atoms with Gasteiger partial charge < -0.3 is 20.1 Å². The molecule has 0 aromatic heterocycles. The third kappa shape index (κ3) is 1.82. The Morgan fingerprint density at radius 3 is 2.59 bits per heavy atom. The quantitative estimate of drug-likeness (QED) is 0.724. The summed E-state index contributed by atoms with van der Waals surface area (Å²) in [4.78, 5) is 10.9. The Labute approximate surface area is 98.3 Å². The topological polar surface area (TPSA) is 87.0 Å². The summed E-state index contributed by atoms with van der Waals surface area (Å²) in [7, 11) is 1.45. The van der Waals surface area contributed by atoms with Gasteiger partial charge in [0.25, 0.3) is 0 Å². The summed E-state index contributed by atoms with van der Waals surface area (Å²) in [5.41, 5.74) is -0.141. The van der Waals surface area contributed by atoms with Crippen molar-refractivity contribution >= 4 is 5.97 Å². The molecule has 1 unspecified atom stereocenters. The van der Waals surface area contributed by atoms with Gasteiger partial charge in [-0.3, -0.25) is 0 Å². The highest BCUT2D eigenvalue weighted by molar-refractivity contribution is 5.76. The summed E-state index contributed by atoms with van der Waals surface area (Å²) in [5, 5.41) is 28.0. The Kier molecular flexibility index (Phi) is 2.71. The van der Waals surface area contributed by atoms with Crippen LogP contribution in [0.1, 0.15) is 18.4 Å². The molecule has 2 rings (SSSR count). The average Bonchev–Trinajstić information content (AvgIpc) is 3.09. The van der Waals surface area contributed by atoms with Gasteiger partial charge in [-0.15, -0.1) is 0 Å². The van der Waals surface area contributed by atoms with E-state index in [1.165, 1.54) is 19.2 Å². The number of hydrogen-bond donors (Lipinski definition) is 3. The number of aliphatic carboxylic acids is 1. The van der Waals surface area contributed by atoms with Crippen molar-refractivity contribution < 1.29 is 24.9 Å². The second-order valence-corrected chi connectivity index (χ2v) is 4.28. The molecule has 92 valence electrons. The van der Waals surface area contributed by atoms with E-state index in [2.05, 4.69) is 0 Å². The fourth-order valence-corrected chi connectivity index (χ4v) is 2.15. The van der Waals surface area contributed by atoms with Crippen LogP contribution in [-0.2, 0) is 10.2 Å². The van der Waals surface area contributed by atoms with E-state index >= 15 is 0 Å². The number of benzene rings is 1. The number of hydrogen-bond acceptors (Lipinski definition) is 4. The third-order valence-electron chi connectivity index (χ3n) is 3.27. The summed E-state index contributed by atoms with van der Waals surface area (Å²) in [5.74, 6) is -0.786. The van der Waals surface area contributed by atoms with Crippen LogP contribution in [0, 0.1) is 0 Å². The van der Waals surface area contributed by atoms with E-state index in [1.54, 1.807) is 6.07 Å². The molecule has 0 spiro atoms. The number of carbonyl (C=O) groups is 1. The number of aromatic hydroxyl groups is 1. The van der Waals surface area contributed by atoms with Crippen molar-refractivity contribution in [1.29, 1.82) is 0 Å². The summed E-state index contributed by atoms with van der Waals surface area (Å²) < 4.78 is 5.12. The standard InChI is InChI=1S/C12H14O5/c1-17-9-6-7(13)2-3-8(9)12(4-5-12)10(14)11(15)16/h2-3,6,10,13-14H,4-5H2,1H3,(H,15,16). The van der Waals surface area contributed by atoms with Crippen molar-refractivity contribution in [2.45, 2.75) is 24.4 Å². The minimum atomic E-state index is -1.44. The van der Waals surface area contributed by atoms with Gasteiger partial charge in [-0.2, -0.15) is 0 Å². The molecule has 1 aromatic rings. The molecule has 5 heteroatoms. The summed E-state index contributed by atoms with van der Waals surface area (Å²) in [6.45, 7) is 0. The summed E-state index contributed by atoms with van der Waals surface area (Å²) in [6.07, 6.45) is -0.246. The SMILES string of the molecule is COc1cc(O)ccc1C1(C(O)C(=O)O)CC1. The number of phenolic OH excluding ortho intramolecular Hbond substituents is 1. The molecule has 1 fully saturated rings. The number of ether oxygens (including phenoxy) is 1. The highest BCUT2D eigenvalue weighted by Gasteiger charge is 2.54. The maximum Gasteiger partial charge on any atom is 0.333 e. The van der Waals surface area contributed by atoms with Crippen LogP contribution in [0.5, 0.6) is 11.5 Å². The first kappa shape index (κ1) is 11.7. The van der Waals surface area contributed by atoms with Crippen LogP contribution in [0.4, 0.5) is 0 Å². The van der Waals surface area contributed by atoms with Gasteiger partial charge >= 0.3 is 5.97 Å². The van der Waals surface area contributed by atoms with E-state index in [1.807, 2.05) is 0 Å². The molecule has 1 aliphatic rings. The number of phenols is 1. The first-order valence-corrected chi connectivity index (χ1v) is 5.29. The Morgan fingerprint density at radius 1 is 1.47 bits per heavy atom. The highest BCUT2D eigenvalue weighted by atomic mass is 16.5. The maximum absolute atomic E-state index is 10.9. The second-order valence-electron chi connectivity index (χ2n) is 4.28. The molecule has 0 aliphatic heterocycles. The molecule has 0 radical (unpaired) electrons. The molecular formula is C12H14O5. The smallest absolute Gasteiger partial charge is 0.333 e. The van der Waals surface area contributed by atoms with E-state index in [0.29, 0.717) is 24.2 Å². The first-order valence-electron chi connectivity index (χ1n) is 5.29. The van der Waals surface area contributed by atoms with Crippen molar-refractivity contribution in [3.63, 3.8) is 0 Å². The summed E-state index contributed by atoms with van der Waals surface area (Å²) >= 11 is 0. The van der Waals surface area contributed by atoms with E-state index in [0.717, 1.165) is 0 Å². The number of aliphatic hydroxyl groups is 1. The lowest BCUT2D eigenvalue weighted by molar-refractivity contribution is -0.148. The Hall–Kier alpha value is -1.75. The van der Waals surface area contributed by atoms with Crippen LogP contribution in [0.3, 0.4) is 0 Å². The zero-order valence-corrected chi connectivity index (χ0v) is 9.38. The van der Waals surface area contributed by atoms with Gasteiger partial charge in [0.15, 0.2) is 6.10 Å². The lowest BCUT2D eigenvalue weighted by Crippen LogP contribution is -2.34. The molecule has 0 bridgehead atoms. The predicted molar refractivity (Wildman–Crippen MR) is 59.2 cm³/mol. The number of methoxy groups -OCH3 is 1. The number of carboxylic acids is 1. The monoisotopic (exact) mass is 238 g/mol. The van der Waals surface area contributed by atoms with Crippen molar-refractivity contribution in [2.75, 3.05) is 7.11 Å². The van der Waals surface area contributed by atoms with Crippen LogP contribution in [0.2, 0.25) is 0 Å². The van der Waals surface area contributed by atoms with E-state index in [-0.39, 0.29) is 5.75 Å². The molecule has 1 atom stereocenters. The fourth-order valence-electron chi connectivity index (χ4n) is 2.15. The largest absolute Gasteiger partial charge is 0.508 e. The summed E-state index contributed by atoms with van der Waals surface area (Å²) in [6, 6.07) is 4.49. The third-order valence-corrected chi connectivity index (χ3v) is 3.27. The van der Waals surface area contributed by atoms with Crippen molar-refractivity contribution in [2.24, 2.45) is 0 Å². The zero-order valence-electron chi connectivity index (χ0n) is 9.38. The Bertz CT molecular complexity index is 450. The zero-order chi connectivity index (χ0) is 12.6. The first-order chi connectivity index (χ1) is 8.01. The van der Waals surface area contributed by atoms with Crippen LogP contribution in [-0.4, -0.2) is 34.5 Å². The maximum atomic E-state index is 10.9. The predicted octanol–water partition coefficient (Wildman–Crippen LogP) is 0.878. The van der Waals surface area contributed by atoms with Gasteiger partial charge in [-0.1, -0.05) is 6.07 Å². The van der Waals surface area contributed by atoms with Gasteiger partial charge in [0, 0.05) is 17.0 Å². The fraction of sp³-hybridized carbons (Fsp3) is 0.417. The van der Waals surface area contributed by atoms with Crippen LogP contribution < -0.4 is 4.74 Å². The van der Waals surface area contributed by atoms with Gasteiger partial charge in [-0.05, 0) is 18.9 Å². The molecule has 3 N–H and O–H groups in total. The molecule has 0 amide bonds. The van der Waals surface area contributed by atoms with Crippen molar-refractivity contribution in [1.82, 2.24) is 0 Å². The van der Waals surface area contributed by atoms with Gasteiger partial charge in [-0.25, -0.2) is 4.79 Å². The molecule has 0 heterocycles. The molecule has 0 saturated heterocycles. The minimum Gasteiger partial charge on any atom is -0.508 e. The van der Waals surface area contributed by atoms with Gasteiger partial charge in [0.2, 0.25) is 0 Å². The number of carboxylic acid groups (broad SMARTS) is 1. The lowest BCUT2D eigenvalue weighted by atomic mass is 9.89. The molecule has 17 heavy (non-hydrogen) atoms. The van der Waals surface area contributed by atoms with Crippen molar-refractivity contribution in [3.8, 4) is 11.5 Å². The Balaban J connectivity index is 2.43. The molecule has 1 aromatic carbocycles. The molecular weight excluding hydrogens is 224 g/mol. The van der Waals surface area contributed by atoms with E-state index in [9.17, 15) is 15.0 Å².